The third-order valence-electron chi connectivity index (χ3n) is 1.56. The number of hydrogen-bond donors (Lipinski definition) is 1. The van der Waals surface area contributed by atoms with Crippen LogP contribution in [0.25, 0.3) is 0 Å². The minimum atomic E-state index is -0.463. The van der Waals surface area contributed by atoms with Crippen LogP contribution in [0.4, 0.5) is 0 Å². The predicted octanol–water partition coefficient (Wildman–Crippen LogP) is 1.41. The van der Waals surface area contributed by atoms with Crippen LogP contribution >= 0.6 is 11.8 Å². The first-order valence-electron chi connectivity index (χ1n) is 4.19. The molecule has 0 spiro atoms. The Morgan fingerprint density at radius 1 is 1.62 bits per heavy atom. The lowest BCUT2D eigenvalue weighted by Gasteiger charge is -2.15. The summed E-state index contributed by atoms with van der Waals surface area (Å²) in [5.74, 6) is 0.858. The van der Waals surface area contributed by atoms with Crippen LogP contribution in [-0.2, 0) is 4.79 Å². The lowest BCUT2D eigenvalue weighted by Crippen LogP contribution is -2.33. The second-order valence-corrected chi connectivity index (χ2v) is 4.50. The second kappa shape index (κ2) is 5.87. The Balaban J connectivity index is 3.65. The van der Waals surface area contributed by atoms with Crippen molar-refractivity contribution in [3.63, 3.8) is 0 Å². The van der Waals surface area contributed by atoms with Crippen molar-refractivity contribution in [2.75, 3.05) is 18.6 Å². The standard InChI is InChI=1S/C9H16N2OS/c1-9(2,6-10)7-11-8(12)4-5-13-3/h4-5,7H2,1-3H3,(H,11,12). The molecule has 4 heteroatoms. The summed E-state index contributed by atoms with van der Waals surface area (Å²) in [6.07, 6.45) is 2.50. The maximum atomic E-state index is 11.1. The molecule has 0 fully saturated rings. The summed E-state index contributed by atoms with van der Waals surface area (Å²) in [6, 6.07) is 2.13. The van der Waals surface area contributed by atoms with E-state index < -0.39 is 5.41 Å². The first kappa shape index (κ1) is 12.3. The van der Waals surface area contributed by atoms with Gasteiger partial charge in [-0.25, -0.2) is 0 Å². The van der Waals surface area contributed by atoms with Crippen molar-refractivity contribution in [2.24, 2.45) is 5.41 Å². The van der Waals surface area contributed by atoms with Gasteiger partial charge in [0.2, 0.25) is 5.91 Å². The number of amides is 1. The van der Waals surface area contributed by atoms with Crippen molar-refractivity contribution in [1.29, 1.82) is 5.26 Å². The topological polar surface area (TPSA) is 52.9 Å². The normalized spacial score (nSPS) is 10.6. The zero-order valence-electron chi connectivity index (χ0n) is 8.39. The molecular formula is C9H16N2OS. The van der Waals surface area contributed by atoms with Gasteiger partial charge in [0, 0.05) is 18.7 Å². The molecule has 74 valence electrons. The van der Waals surface area contributed by atoms with Crippen LogP contribution in [0.3, 0.4) is 0 Å². The maximum Gasteiger partial charge on any atom is 0.220 e. The summed E-state index contributed by atoms with van der Waals surface area (Å²) < 4.78 is 0. The zero-order valence-corrected chi connectivity index (χ0v) is 9.20. The van der Waals surface area contributed by atoms with E-state index in [9.17, 15) is 4.79 Å². The molecule has 0 saturated carbocycles. The van der Waals surface area contributed by atoms with Gasteiger partial charge >= 0.3 is 0 Å². The van der Waals surface area contributed by atoms with Gasteiger partial charge < -0.3 is 5.32 Å². The van der Waals surface area contributed by atoms with Crippen LogP contribution in [0.5, 0.6) is 0 Å². The number of carbonyl (C=O) groups is 1. The van der Waals surface area contributed by atoms with Gasteiger partial charge in [0.25, 0.3) is 0 Å². The first-order valence-corrected chi connectivity index (χ1v) is 5.58. The molecule has 0 unspecified atom stereocenters. The fourth-order valence-corrected chi connectivity index (χ4v) is 1.03. The fraction of sp³-hybridized carbons (Fsp3) is 0.778. The van der Waals surface area contributed by atoms with E-state index in [2.05, 4.69) is 11.4 Å². The Kier molecular flexibility index (Phi) is 5.56. The number of nitriles is 1. The summed E-state index contributed by atoms with van der Waals surface area (Å²) in [5.41, 5.74) is -0.463. The van der Waals surface area contributed by atoms with Crippen molar-refractivity contribution < 1.29 is 4.79 Å². The molecule has 0 bridgehead atoms. The van der Waals surface area contributed by atoms with E-state index in [1.807, 2.05) is 20.1 Å². The quantitative estimate of drug-likeness (QED) is 0.730. The largest absolute Gasteiger partial charge is 0.354 e. The third kappa shape index (κ3) is 6.47. The van der Waals surface area contributed by atoms with E-state index in [-0.39, 0.29) is 5.91 Å². The highest BCUT2D eigenvalue weighted by Gasteiger charge is 2.17. The number of carbonyl (C=O) groups excluding carboxylic acids is 1. The smallest absolute Gasteiger partial charge is 0.220 e. The monoisotopic (exact) mass is 200 g/mol. The van der Waals surface area contributed by atoms with Gasteiger partial charge in [0.15, 0.2) is 0 Å². The Bertz CT molecular complexity index is 208. The van der Waals surface area contributed by atoms with E-state index >= 15 is 0 Å². The van der Waals surface area contributed by atoms with Crippen molar-refractivity contribution in [1.82, 2.24) is 5.32 Å². The molecule has 0 saturated heterocycles. The molecule has 0 atom stereocenters. The zero-order chi connectivity index (χ0) is 10.3. The first-order chi connectivity index (χ1) is 6.02. The number of nitrogens with one attached hydrogen (secondary N) is 1. The number of hydrogen-bond acceptors (Lipinski definition) is 3. The molecule has 0 radical (unpaired) electrons. The highest BCUT2D eigenvalue weighted by atomic mass is 32.2. The Labute approximate surface area is 83.9 Å². The summed E-state index contributed by atoms with van der Waals surface area (Å²) in [4.78, 5) is 11.1. The molecular weight excluding hydrogens is 184 g/mol. The minimum absolute atomic E-state index is 0.0256. The van der Waals surface area contributed by atoms with E-state index in [1.165, 1.54) is 0 Å². The van der Waals surface area contributed by atoms with Crippen molar-refractivity contribution in [3.8, 4) is 6.07 Å². The molecule has 1 N–H and O–H groups in total. The van der Waals surface area contributed by atoms with Gasteiger partial charge in [-0.15, -0.1) is 0 Å². The van der Waals surface area contributed by atoms with Crippen LogP contribution in [0.2, 0.25) is 0 Å². The minimum Gasteiger partial charge on any atom is -0.354 e. The van der Waals surface area contributed by atoms with Crippen LogP contribution in [-0.4, -0.2) is 24.5 Å². The fourth-order valence-electron chi connectivity index (χ4n) is 0.642. The molecule has 0 aliphatic heterocycles. The van der Waals surface area contributed by atoms with Crippen molar-refractivity contribution in [3.05, 3.63) is 0 Å². The number of thioether (sulfide) groups is 1. The Morgan fingerprint density at radius 2 is 2.23 bits per heavy atom. The predicted molar refractivity (Wildman–Crippen MR) is 55.4 cm³/mol. The van der Waals surface area contributed by atoms with E-state index in [0.29, 0.717) is 13.0 Å². The average Bonchev–Trinajstić information content (AvgIpc) is 2.11. The third-order valence-corrected chi connectivity index (χ3v) is 2.18. The van der Waals surface area contributed by atoms with Gasteiger partial charge in [-0.05, 0) is 20.1 Å². The van der Waals surface area contributed by atoms with E-state index in [0.717, 1.165) is 5.75 Å². The van der Waals surface area contributed by atoms with Gasteiger partial charge in [0.05, 0.1) is 11.5 Å². The van der Waals surface area contributed by atoms with Gasteiger partial charge in [-0.2, -0.15) is 17.0 Å². The summed E-state index contributed by atoms with van der Waals surface area (Å²) >= 11 is 1.64. The van der Waals surface area contributed by atoms with Crippen molar-refractivity contribution >= 4 is 17.7 Å². The SMILES string of the molecule is CSCCC(=O)NCC(C)(C)C#N. The molecule has 13 heavy (non-hydrogen) atoms. The molecule has 0 aliphatic rings. The Morgan fingerprint density at radius 3 is 2.69 bits per heavy atom. The number of rotatable bonds is 5. The van der Waals surface area contributed by atoms with E-state index in [4.69, 9.17) is 5.26 Å². The van der Waals surface area contributed by atoms with Crippen LogP contribution in [0.1, 0.15) is 20.3 Å². The average molecular weight is 200 g/mol. The maximum absolute atomic E-state index is 11.1. The highest BCUT2D eigenvalue weighted by Crippen LogP contribution is 2.10. The lowest BCUT2D eigenvalue weighted by molar-refractivity contribution is -0.120. The molecule has 0 aliphatic carbocycles. The number of nitrogens with zero attached hydrogens (tertiary/aromatic N) is 1. The second-order valence-electron chi connectivity index (χ2n) is 3.52. The lowest BCUT2D eigenvalue weighted by atomic mass is 9.96. The summed E-state index contributed by atoms with van der Waals surface area (Å²) in [6.45, 7) is 4.04. The molecule has 0 aromatic heterocycles. The molecule has 0 aromatic carbocycles. The Hall–Kier alpha value is -0.690. The van der Waals surface area contributed by atoms with Crippen LogP contribution in [0.15, 0.2) is 0 Å². The van der Waals surface area contributed by atoms with Crippen LogP contribution in [0, 0.1) is 16.7 Å². The molecule has 1 amide bonds. The van der Waals surface area contributed by atoms with Gasteiger partial charge in [-0.1, -0.05) is 0 Å². The van der Waals surface area contributed by atoms with Gasteiger partial charge in [0.1, 0.15) is 0 Å². The molecule has 3 nitrogen and oxygen atoms in total. The highest BCUT2D eigenvalue weighted by molar-refractivity contribution is 7.98. The molecule has 0 aromatic rings. The van der Waals surface area contributed by atoms with Gasteiger partial charge in [-0.3, -0.25) is 4.79 Å². The molecule has 0 rings (SSSR count). The van der Waals surface area contributed by atoms with E-state index in [1.54, 1.807) is 11.8 Å². The summed E-state index contributed by atoms with van der Waals surface area (Å²) in [7, 11) is 0. The molecule has 0 heterocycles. The van der Waals surface area contributed by atoms with Crippen molar-refractivity contribution in [2.45, 2.75) is 20.3 Å². The summed E-state index contributed by atoms with van der Waals surface area (Å²) in [5, 5.41) is 11.4. The van der Waals surface area contributed by atoms with Crippen LogP contribution < -0.4 is 5.32 Å².